The van der Waals surface area contributed by atoms with Crippen LogP contribution in [0.2, 0.25) is 5.02 Å². The fraction of sp³-hybridized carbons (Fsp3) is 0.111. The summed E-state index contributed by atoms with van der Waals surface area (Å²) in [7, 11) is 0. The van der Waals surface area contributed by atoms with Crippen molar-refractivity contribution in [2.24, 2.45) is 0 Å². The van der Waals surface area contributed by atoms with Crippen LogP contribution in [-0.2, 0) is 0 Å². The zero-order valence-corrected chi connectivity index (χ0v) is 9.12. The van der Waals surface area contributed by atoms with E-state index in [-0.39, 0.29) is 11.9 Å². The van der Waals surface area contributed by atoms with Crippen LogP contribution in [0.25, 0.3) is 0 Å². The fourth-order valence-electron chi connectivity index (χ4n) is 1.13. The number of tetrazole rings is 1. The topological polar surface area (TPSA) is 83.6 Å². The Labute approximate surface area is 96.0 Å². The van der Waals surface area contributed by atoms with Gasteiger partial charge in [-0.2, -0.15) is 0 Å². The molecule has 0 unspecified atom stereocenters. The summed E-state index contributed by atoms with van der Waals surface area (Å²) in [5.41, 5.74) is 1.37. The highest BCUT2D eigenvalue weighted by atomic mass is 35.5. The summed E-state index contributed by atoms with van der Waals surface area (Å²) in [5.74, 6) is -0.123. The molecule has 1 heterocycles. The zero-order valence-electron chi connectivity index (χ0n) is 8.36. The van der Waals surface area contributed by atoms with Crippen molar-refractivity contribution < 1.29 is 4.79 Å². The van der Waals surface area contributed by atoms with Gasteiger partial charge in [0, 0.05) is 10.6 Å². The van der Waals surface area contributed by atoms with E-state index >= 15 is 0 Å². The molecule has 1 aromatic carbocycles. The Hall–Kier alpha value is -1.95. The molecule has 7 heteroatoms. The third kappa shape index (κ3) is 2.17. The Morgan fingerprint density at radius 3 is 2.94 bits per heavy atom. The number of aromatic nitrogens is 4. The van der Waals surface area contributed by atoms with E-state index < -0.39 is 0 Å². The lowest BCUT2D eigenvalue weighted by Crippen LogP contribution is -2.13. The van der Waals surface area contributed by atoms with Gasteiger partial charge in [-0.1, -0.05) is 22.8 Å². The first-order chi connectivity index (χ1) is 7.66. The number of aryl methyl sites for hydroxylation is 1. The Morgan fingerprint density at radius 1 is 1.50 bits per heavy atom. The monoisotopic (exact) mass is 237 g/mol. The summed E-state index contributed by atoms with van der Waals surface area (Å²) in [6.07, 6.45) is 0. The normalized spacial score (nSPS) is 10.1. The van der Waals surface area contributed by atoms with Crippen molar-refractivity contribution >= 4 is 23.5 Å². The van der Waals surface area contributed by atoms with Crippen molar-refractivity contribution in [2.45, 2.75) is 6.92 Å². The third-order valence-corrected chi connectivity index (χ3v) is 2.42. The standard InChI is InChI=1S/C9H8ClN5O/c1-5-2-3-6(4-7(5)10)8(16)11-9-12-14-15-13-9/h2-4H,1H3,(H2,11,12,13,14,15,16). The van der Waals surface area contributed by atoms with Gasteiger partial charge in [-0.05, 0) is 35.0 Å². The van der Waals surface area contributed by atoms with Gasteiger partial charge in [0.2, 0.25) is 5.95 Å². The van der Waals surface area contributed by atoms with Crippen LogP contribution < -0.4 is 5.32 Å². The quantitative estimate of drug-likeness (QED) is 0.827. The lowest BCUT2D eigenvalue weighted by atomic mass is 10.1. The average molecular weight is 238 g/mol. The minimum Gasteiger partial charge on any atom is -0.289 e. The molecule has 2 N–H and O–H groups in total. The highest BCUT2D eigenvalue weighted by molar-refractivity contribution is 6.31. The van der Waals surface area contributed by atoms with E-state index in [2.05, 4.69) is 25.9 Å². The van der Waals surface area contributed by atoms with Crippen LogP contribution >= 0.6 is 11.6 Å². The predicted molar refractivity (Wildman–Crippen MR) is 58.3 cm³/mol. The minimum absolute atomic E-state index is 0.196. The maximum atomic E-state index is 11.7. The summed E-state index contributed by atoms with van der Waals surface area (Å²) >= 11 is 5.91. The van der Waals surface area contributed by atoms with E-state index in [1.54, 1.807) is 18.2 Å². The number of aromatic amines is 1. The van der Waals surface area contributed by atoms with Gasteiger partial charge in [0.15, 0.2) is 0 Å². The van der Waals surface area contributed by atoms with Gasteiger partial charge < -0.3 is 0 Å². The highest BCUT2D eigenvalue weighted by Gasteiger charge is 2.09. The first kappa shape index (κ1) is 10.6. The molecule has 0 spiro atoms. The van der Waals surface area contributed by atoms with Crippen molar-refractivity contribution in [1.29, 1.82) is 0 Å². The number of H-pyrrole nitrogens is 1. The maximum Gasteiger partial charge on any atom is 0.258 e. The summed E-state index contributed by atoms with van der Waals surface area (Å²) < 4.78 is 0. The summed E-state index contributed by atoms with van der Waals surface area (Å²) in [6.45, 7) is 1.87. The molecule has 0 bridgehead atoms. The summed E-state index contributed by atoms with van der Waals surface area (Å²) in [6, 6.07) is 5.05. The number of anilines is 1. The molecule has 0 aliphatic carbocycles. The predicted octanol–water partition coefficient (Wildman–Crippen LogP) is 1.41. The number of nitrogens with zero attached hydrogens (tertiary/aromatic N) is 3. The zero-order chi connectivity index (χ0) is 11.5. The fourth-order valence-corrected chi connectivity index (χ4v) is 1.31. The molecule has 82 valence electrons. The van der Waals surface area contributed by atoms with E-state index in [4.69, 9.17) is 11.6 Å². The molecule has 0 saturated heterocycles. The first-order valence-electron chi connectivity index (χ1n) is 4.48. The maximum absolute atomic E-state index is 11.7. The van der Waals surface area contributed by atoms with Crippen molar-refractivity contribution in [1.82, 2.24) is 20.6 Å². The van der Waals surface area contributed by atoms with Gasteiger partial charge in [0.05, 0.1) is 0 Å². The van der Waals surface area contributed by atoms with Crippen LogP contribution in [0.3, 0.4) is 0 Å². The van der Waals surface area contributed by atoms with Crippen molar-refractivity contribution in [3.63, 3.8) is 0 Å². The van der Waals surface area contributed by atoms with Crippen molar-refractivity contribution in [3.05, 3.63) is 34.3 Å². The van der Waals surface area contributed by atoms with E-state index in [1.165, 1.54) is 0 Å². The second-order valence-electron chi connectivity index (χ2n) is 3.17. The second-order valence-corrected chi connectivity index (χ2v) is 3.58. The SMILES string of the molecule is Cc1ccc(C(=O)Nc2nnn[nH]2)cc1Cl. The van der Waals surface area contributed by atoms with Crippen LogP contribution in [0.1, 0.15) is 15.9 Å². The van der Waals surface area contributed by atoms with Crippen LogP contribution in [0.5, 0.6) is 0 Å². The molecule has 1 amide bonds. The molecule has 2 aromatic rings. The minimum atomic E-state index is -0.319. The number of halogens is 1. The summed E-state index contributed by atoms with van der Waals surface area (Å²) in [4.78, 5) is 11.7. The lowest BCUT2D eigenvalue weighted by molar-refractivity contribution is 0.102. The lowest BCUT2D eigenvalue weighted by Gasteiger charge is -2.03. The van der Waals surface area contributed by atoms with Crippen LogP contribution in [0.4, 0.5) is 5.95 Å². The van der Waals surface area contributed by atoms with Crippen LogP contribution in [-0.4, -0.2) is 26.5 Å². The smallest absolute Gasteiger partial charge is 0.258 e. The van der Waals surface area contributed by atoms with E-state index in [0.29, 0.717) is 10.6 Å². The van der Waals surface area contributed by atoms with Crippen molar-refractivity contribution in [3.8, 4) is 0 Å². The molecule has 0 saturated carbocycles. The number of carbonyl (C=O) groups is 1. The number of hydrogen-bond acceptors (Lipinski definition) is 4. The first-order valence-corrected chi connectivity index (χ1v) is 4.86. The molecular formula is C9H8ClN5O. The van der Waals surface area contributed by atoms with E-state index in [0.717, 1.165) is 5.56 Å². The van der Waals surface area contributed by atoms with Gasteiger partial charge in [-0.15, -0.1) is 0 Å². The molecule has 2 rings (SSSR count). The van der Waals surface area contributed by atoms with E-state index in [9.17, 15) is 4.79 Å². The number of nitrogens with one attached hydrogen (secondary N) is 2. The largest absolute Gasteiger partial charge is 0.289 e. The molecule has 0 fully saturated rings. The number of benzene rings is 1. The number of rotatable bonds is 2. The molecule has 0 aliphatic heterocycles. The van der Waals surface area contributed by atoms with Gasteiger partial charge in [0.25, 0.3) is 5.91 Å². The van der Waals surface area contributed by atoms with E-state index in [1.807, 2.05) is 6.92 Å². The Morgan fingerprint density at radius 2 is 2.31 bits per heavy atom. The molecule has 6 nitrogen and oxygen atoms in total. The highest BCUT2D eigenvalue weighted by Crippen LogP contribution is 2.17. The van der Waals surface area contributed by atoms with Gasteiger partial charge >= 0.3 is 0 Å². The van der Waals surface area contributed by atoms with Crippen LogP contribution in [0, 0.1) is 6.92 Å². The summed E-state index contributed by atoms with van der Waals surface area (Å²) in [5, 5.41) is 15.7. The average Bonchev–Trinajstić information content (AvgIpc) is 2.74. The number of hydrogen-bond donors (Lipinski definition) is 2. The molecule has 0 aliphatic rings. The Kier molecular flexibility index (Phi) is 2.82. The molecule has 0 atom stereocenters. The van der Waals surface area contributed by atoms with Gasteiger partial charge in [-0.25, -0.2) is 5.10 Å². The number of amides is 1. The second kappa shape index (κ2) is 4.28. The third-order valence-electron chi connectivity index (χ3n) is 2.01. The Balaban J connectivity index is 2.18. The number of carbonyl (C=O) groups excluding carboxylic acids is 1. The van der Waals surface area contributed by atoms with Crippen molar-refractivity contribution in [2.75, 3.05) is 5.32 Å². The Bertz CT molecular complexity index is 511. The molecule has 16 heavy (non-hydrogen) atoms. The molecule has 0 radical (unpaired) electrons. The van der Waals surface area contributed by atoms with Gasteiger partial charge in [0.1, 0.15) is 0 Å². The van der Waals surface area contributed by atoms with Gasteiger partial charge in [-0.3, -0.25) is 10.1 Å². The van der Waals surface area contributed by atoms with Crippen LogP contribution in [0.15, 0.2) is 18.2 Å². The molecular weight excluding hydrogens is 230 g/mol. The molecule has 1 aromatic heterocycles.